The number of fused-ring (bicyclic) bond motifs is 1. The van der Waals surface area contributed by atoms with Crippen LogP contribution in [-0.4, -0.2) is 28.7 Å². The molecule has 1 heterocycles. The van der Waals surface area contributed by atoms with Crippen molar-refractivity contribution in [2.75, 3.05) is 6.61 Å². The normalized spacial score (nSPS) is 18.3. The Labute approximate surface area is 152 Å². The lowest BCUT2D eigenvalue weighted by Crippen LogP contribution is -2.48. The molecule has 1 N–H and O–H groups in total. The summed E-state index contributed by atoms with van der Waals surface area (Å²) in [4.78, 5) is 26.0. The lowest BCUT2D eigenvalue weighted by Gasteiger charge is -2.31. The molecule has 1 aliphatic heterocycles. The standard InChI is InChI=1S/C20H21NO5/c1-3-25-17-11-7-10-16-15(17)12-21(20(16,2)18(22)23)19(24)26-13-14-8-5-4-6-9-14/h4-11H,3,12-13H2,1-2H3,(H,22,23). The third-order valence-corrected chi connectivity index (χ3v) is 4.66. The minimum atomic E-state index is -1.50. The monoisotopic (exact) mass is 355 g/mol. The minimum Gasteiger partial charge on any atom is -0.494 e. The van der Waals surface area contributed by atoms with Gasteiger partial charge < -0.3 is 14.6 Å². The summed E-state index contributed by atoms with van der Waals surface area (Å²) in [5.41, 5.74) is 0.587. The SMILES string of the molecule is CCOc1cccc2c1CN(C(=O)OCc1ccccc1)C2(C)C(=O)O. The molecule has 6 nitrogen and oxygen atoms in total. The van der Waals surface area contributed by atoms with E-state index in [1.54, 1.807) is 18.2 Å². The van der Waals surface area contributed by atoms with Gasteiger partial charge in [-0.15, -0.1) is 0 Å². The second kappa shape index (κ2) is 7.07. The van der Waals surface area contributed by atoms with E-state index in [1.807, 2.05) is 37.3 Å². The Morgan fingerprint density at radius 1 is 1.15 bits per heavy atom. The number of carbonyl (C=O) groups is 2. The molecule has 3 rings (SSSR count). The van der Waals surface area contributed by atoms with E-state index >= 15 is 0 Å². The maximum Gasteiger partial charge on any atom is 0.411 e. The summed E-state index contributed by atoms with van der Waals surface area (Å²) in [7, 11) is 0. The van der Waals surface area contributed by atoms with Gasteiger partial charge >= 0.3 is 12.1 Å². The summed E-state index contributed by atoms with van der Waals surface area (Å²) in [6, 6.07) is 14.5. The van der Waals surface area contributed by atoms with E-state index in [0.717, 1.165) is 5.56 Å². The Morgan fingerprint density at radius 3 is 2.54 bits per heavy atom. The van der Waals surface area contributed by atoms with Gasteiger partial charge in [0.15, 0.2) is 5.54 Å². The number of amides is 1. The van der Waals surface area contributed by atoms with Crippen molar-refractivity contribution >= 4 is 12.1 Å². The van der Waals surface area contributed by atoms with Crippen molar-refractivity contribution in [1.29, 1.82) is 0 Å². The van der Waals surface area contributed by atoms with Crippen molar-refractivity contribution in [3.63, 3.8) is 0 Å². The highest BCUT2D eigenvalue weighted by Crippen LogP contribution is 2.43. The van der Waals surface area contributed by atoms with Crippen molar-refractivity contribution in [2.24, 2.45) is 0 Å². The second-order valence-electron chi connectivity index (χ2n) is 6.22. The minimum absolute atomic E-state index is 0.0839. The maximum absolute atomic E-state index is 12.7. The van der Waals surface area contributed by atoms with Crippen LogP contribution in [0.15, 0.2) is 48.5 Å². The molecule has 1 amide bonds. The van der Waals surface area contributed by atoms with Gasteiger partial charge in [-0.05, 0) is 31.0 Å². The highest BCUT2D eigenvalue weighted by atomic mass is 16.6. The number of benzene rings is 2. The fourth-order valence-corrected chi connectivity index (χ4v) is 3.21. The summed E-state index contributed by atoms with van der Waals surface area (Å²) in [6.45, 7) is 4.04. The van der Waals surface area contributed by atoms with Gasteiger partial charge in [0.05, 0.1) is 13.2 Å². The number of hydrogen-bond donors (Lipinski definition) is 1. The van der Waals surface area contributed by atoms with E-state index in [1.165, 1.54) is 11.8 Å². The van der Waals surface area contributed by atoms with Crippen LogP contribution in [0.3, 0.4) is 0 Å². The maximum atomic E-state index is 12.7. The number of carboxylic acid groups (broad SMARTS) is 1. The molecule has 0 saturated carbocycles. The largest absolute Gasteiger partial charge is 0.494 e. The number of ether oxygens (including phenoxy) is 2. The Hall–Kier alpha value is -3.02. The van der Waals surface area contributed by atoms with Crippen LogP contribution in [0, 0.1) is 0 Å². The van der Waals surface area contributed by atoms with Crippen LogP contribution in [0.25, 0.3) is 0 Å². The topological polar surface area (TPSA) is 76.1 Å². The van der Waals surface area contributed by atoms with Gasteiger partial charge in [-0.3, -0.25) is 4.90 Å². The van der Waals surface area contributed by atoms with E-state index in [9.17, 15) is 14.7 Å². The fourth-order valence-electron chi connectivity index (χ4n) is 3.21. The zero-order valence-electron chi connectivity index (χ0n) is 14.8. The lowest BCUT2D eigenvalue weighted by molar-refractivity contribution is -0.149. The molecule has 0 fully saturated rings. The molecule has 26 heavy (non-hydrogen) atoms. The molecule has 136 valence electrons. The third kappa shape index (κ3) is 2.98. The first kappa shape index (κ1) is 17.8. The summed E-state index contributed by atoms with van der Waals surface area (Å²) in [6.07, 6.45) is -0.669. The molecular weight excluding hydrogens is 334 g/mol. The molecule has 0 spiro atoms. The van der Waals surface area contributed by atoms with Gasteiger partial charge in [0.25, 0.3) is 0 Å². The van der Waals surface area contributed by atoms with Crippen molar-refractivity contribution < 1.29 is 24.2 Å². The average molecular weight is 355 g/mol. The Kier molecular flexibility index (Phi) is 4.84. The van der Waals surface area contributed by atoms with Gasteiger partial charge in [0.2, 0.25) is 0 Å². The Morgan fingerprint density at radius 2 is 1.88 bits per heavy atom. The predicted molar refractivity (Wildman–Crippen MR) is 94.8 cm³/mol. The molecule has 0 aromatic heterocycles. The molecule has 0 aliphatic carbocycles. The molecule has 0 saturated heterocycles. The highest BCUT2D eigenvalue weighted by Gasteiger charge is 2.51. The number of carbonyl (C=O) groups excluding carboxylic acids is 1. The van der Waals surface area contributed by atoms with Crippen LogP contribution in [-0.2, 0) is 28.2 Å². The van der Waals surface area contributed by atoms with E-state index < -0.39 is 17.6 Å². The molecule has 2 aromatic rings. The lowest BCUT2D eigenvalue weighted by atomic mass is 9.91. The molecular formula is C20H21NO5. The van der Waals surface area contributed by atoms with Crippen LogP contribution in [0.5, 0.6) is 5.75 Å². The summed E-state index contributed by atoms with van der Waals surface area (Å²) >= 11 is 0. The van der Waals surface area contributed by atoms with Crippen molar-refractivity contribution in [3.8, 4) is 5.75 Å². The molecule has 1 atom stereocenters. The number of aliphatic carboxylic acids is 1. The molecule has 6 heteroatoms. The Bertz CT molecular complexity index is 820. The summed E-state index contributed by atoms with van der Waals surface area (Å²) < 4.78 is 11.0. The number of rotatable bonds is 5. The van der Waals surface area contributed by atoms with Gasteiger partial charge in [-0.1, -0.05) is 42.5 Å². The number of nitrogens with zero attached hydrogens (tertiary/aromatic N) is 1. The van der Waals surface area contributed by atoms with Crippen LogP contribution in [0.1, 0.15) is 30.5 Å². The van der Waals surface area contributed by atoms with Crippen LogP contribution < -0.4 is 4.74 Å². The van der Waals surface area contributed by atoms with Gasteiger partial charge in [0.1, 0.15) is 12.4 Å². The first-order chi connectivity index (χ1) is 12.5. The fraction of sp³-hybridized carbons (Fsp3) is 0.300. The van der Waals surface area contributed by atoms with E-state index in [4.69, 9.17) is 9.47 Å². The molecule has 0 radical (unpaired) electrons. The predicted octanol–water partition coefficient (Wildman–Crippen LogP) is 3.54. The van der Waals surface area contributed by atoms with Crippen molar-refractivity contribution in [3.05, 3.63) is 65.2 Å². The average Bonchev–Trinajstić information content (AvgIpc) is 2.96. The summed E-state index contributed by atoms with van der Waals surface area (Å²) in [5.74, 6) is -0.516. The molecule has 0 bridgehead atoms. The van der Waals surface area contributed by atoms with Gasteiger partial charge in [-0.2, -0.15) is 0 Å². The molecule has 1 aliphatic rings. The van der Waals surface area contributed by atoms with E-state index in [0.29, 0.717) is 23.5 Å². The van der Waals surface area contributed by atoms with Gasteiger partial charge in [-0.25, -0.2) is 9.59 Å². The zero-order valence-corrected chi connectivity index (χ0v) is 14.8. The summed E-state index contributed by atoms with van der Waals surface area (Å²) in [5, 5.41) is 9.85. The Balaban J connectivity index is 1.88. The van der Waals surface area contributed by atoms with Crippen molar-refractivity contribution in [2.45, 2.75) is 32.5 Å². The van der Waals surface area contributed by atoms with Crippen LogP contribution in [0.2, 0.25) is 0 Å². The molecule has 2 aromatic carbocycles. The first-order valence-electron chi connectivity index (χ1n) is 8.45. The quantitative estimate of drug-likeness (QED) is 0.888. The zero-order chi connectivity index (χ0) is 18.7. The highest BCUT2D eigenvalue weighted by molar-refractivity contribution is 5.88. The third-order valence-electron chi connectivity index (χ3n) is 4.66. The van der Waals surface area contributed by atoms with Crippen molar-refractivity contribution in [1.82, 2.24) is 4.90 Å². The first-order valence-corrected chi connectivity index (χ1v) is 8.45. The van der Waals surface area contributed by atoms with Gasteiger partial charge in [0, 0.05) is 5.56 Å². The molecule has 1 unspecified atom stereocenters. The van der Waals surface area contributed by atoms with Crippen LogP contribution >= 0.6 is 0 Å². The second-order valence-corrected chi connectivity index (χ2v) is 6.22. The smallest absolute Gasteiger partial charge is 0.411 e. The van der Waals surface area contributed by atoms with E-state index in [-0.39, 0.29) is 13.2 Å². The van der Waals surface area contributed by atoms with Crippen LogP contribution in [0.4, 0.5) is 4.79 Å². The number of carboxylic acids is 1. The number of hydrogen-bond acceptors (Lipinski definition) is 4. The van der Waals surface area contributed by atoms with E-state index in [2.05, 4.69) is 0 Å².